The van der Waals surface area contributed by atoms with Gasteiger partial charge in [-0.05, 0) is 6.07 Å². The molecule has 2 aromatic heterocycles. The van der Waals surface area contributed by atoms with E-state index in [0.29, 0.717) is 22.3 Å². The highest BCUT2D eigenvalue weighted by atomic mass is 35.5. The van der Waals surface area contributed by atoms with Crippen LogP contribution in [0.2, 0.25) is 0 Å². The van der Waals surface area contributed by atoms with Crippen LogP contribution in [0.15, 0.2) is 35.2 Å². The molecule has 0 spiro atoms. The third kappa shape index (κ3) is 2.83. The molecule has 0 saturated heterocycles. The zero-order valence-corrected chi connectivity index (χ0v) is 10.9. The van der Waals surface area contributed by atoms with Crippen LogP contribution in [0.1, 0.15) is 0 Å². The van der Waals surface area contributed by atoms with Crippen LogP contribution in [0.3, 0.4) is 0 Å². The Morgan fingerprint density at radius 2 is 2.39 bits per heavy atom. The van der Waals surface area contributed by atoms with Crippen molar-refractivity contribution in [3.05, 3.63) is 30.1 Å². The van der Waals surface area contributed by atoms with E-state index in [1.54, 1.807) is 12.4 Å². The van der Waals surface area contributed by atoms with Crippen LogP contribution in [-0.2, 0) is 11.3 Å². The first-order valence-corrected chi connectivity index (χ1v) is 6.42. The monoisotopic (exact) mass is 283 g/mol. The Balaban J connectivity index is 2.42. The average molecular weight is 284 g/mol. The van der Waals surface area contributed by atoms with Crippen LogP contribution in [0, 0.1) is 0 Å². The zero-order chi connectivity index (χ0) is 13.1. The fourth-order valence-corrected chi connectivity index (χ4v) is 2.37. The molecule has 5 nitrogen and oxygen atoms in total. The summed E-state index contributed by atoms with van der Waals surface area (Å²) in [7, 11) is 0. The maximum atomic E-state index is 10.6. The molecule has 0 saturated carbocycles. The fourth-order valence-electron chi connectivity index (χ4n) is 1.52. The lowest BCUT2D eigenvalue weighted by atomic mass is 10.4. The summed E-state index contributed by atoms with van der Waals surface area (Å²) in [5.41, 5.74) is 1.57. The summed E-state index contributed by atoms with van der Waals surface area (Å²) in [6, 6.07) is 1.81. The Hall–Kier alpha value is -1.53. The molecule has 0 aromatic carbocycles. The van der Waals surface area contributed by atoms with E-state index in [-0.39, 0.29) is 5.75 Å². The van der Waals surface area contributed by atoms with Crippen LogP contribution >= 0.6 is 23.4 Å². The van der Waals surface area contributed by atoms with Gasteiger partial charge in [-0.25, -0.2) is 4.98 Å². The van der Waals surface area contributed by atoms with Crippen molar-refractivity contribution in [2.24, 2.45) is 0 Å². The molecule has 0 amide bonds. The lowest BCUT2D eigenvalue weighted by Crippen LogP contribution is -2.03. The number of fused-ring (bicyclic) bond motifs is 1. The maximum Gasteiger partial charge on any atom is 0.313 e. The number of thioether (sulfide) groups is 1. The van der Waals surface area contributed by atoms with Crippen molar-refractivity contribution in [3.8, 4) is 0 Å². The maximum absolute atomic E-state index is 10.6. The van der Waals surface area contributed by atoms with Crippen LogP contribution < -0.4 is 0 Å². The molecule has 1 N–H and O–H groups in total. The summed E-state index contributed by atoms with van der Waals surface area (Å²) in [5.74, 6) is -0.938. The van der Waals surface area contributed by atoms with E-state index in [1.165, 1.54) is 0 Å². The van der Waals surface area contributed by atoms with Crippen molar-refractivity contribution < 1.29 is 9.90 Å². The Morgan fingerprint density at radius 3 is 3.06 bits per heavy atom. The third-order valence-electron chi connectivity index (χ3n) is 2.17. The molecule has 18 heavy (non-hydrogen) atoms. The Morgan fingerprint density at radius 1 is 1.61 bits per heavy atom. The van der Waals surface area contributed by atoms with Gasteiger partial charge >= 0.3 is 5.97 Å². The number of rotatable bonds is 5. The third-order valence-corrected chi connectivity index (χ3v) is 3.25. The van der Waals surface area contributed by atoms with Crippen molar-refractivity contribution in [1.29, 1.82) is 0 Å². The van der Waals surface area contributed by atoms with Gasteiger partial charge in [0.1, 0.15) is 5.52 Å². The van der Waals surface area contributed by atoms with E-state index in [1.807, 2.05) is 10.6 Å². The number of hydrogen-bond acceptors (Lipinski definition) is 4. The molecule has 94 valence electrons. The quantitative estimate of drug-likeness (QED) is 0.853. The molecule has 0 fully saturated rings. The first-order valence-electron chi connectivity index (χ1n) is 5.06. The van der Waals surface area contributed by atoms with E-state index < -0.39 is 5.97 Å². The number of nitrogens with zero attached hydrogens (tertiary/aromatic N) is 3. The fraction of sp³-hybridized carbons (Fsp3) is 0.182. The second kappa shape index (κ2) is 5.41. The molecular formula is C11H10ClN3O2S. The molecule has 0 aliphatic rings. The van der Waals surface area contributed by atoms with Crippen LogP contribution in [-0.4, -0.2) is 31.4 Å². The predicted octanol–water partition coefficient (Wildman–Crippen LogP) is 2.36. The number of hydrogen-bond donors (Lipinski definition) is 1. The van der Waals surface area contributed by atoms with E-state index in [9.17, 15) is 4.79 Å². The van der Waals surface area contributed by atoms with Gasteiger partial charge in [-0.15, -0.1) is 0 Å². The predicted molar refractivity (Wildman–Crippen MR) is 70.9 cm³/mol. The minimum atomic E-state index is -0.888. The van der Waals surface area contributed by atoms with Gasteiger partial charge in [0, 0.05) is 11.2 Å². The number of imidazole rings is 1. The molecule has 7 heteroatoms. The number of aromatic nitrogens is 3. The summed E-state index contributed by atoms with van der Waals surface area (Å²) in [6.45, 7) is 4.04. The molecule has 0 aliphatic heterocycles. The lowest BCUT2D eigenvalue weighted by Gasteiger charge is -2.06. The van der Waals surface area contributed by atoms with Gasteiger partial charge in [0.2, 0.25) is 0 Å². The Labute approximate surface area is 112 Å². The topological polar surface area (TPSA) is 68.0 Å². The summed E-state index contributed by atoms with van der Waals surface area (Å²) >= 11 is 6.97. The number of pyridine rings is 1. The Bertz CT molecular complexity index is 611. The molecule has 0 aliphatic carbocycles. The SMILES string of the molecule is C=C(Cl)Cn1c(SCC(=O)O)nc2cnccc21. The van der Waals surface area contributed by atoms with E-state index in [2.05, 4.69) is 16.5 Å². The van der Waals surface area contributed by atoms with Gasteiger partial charge in [-0.3, -0.25) is 9.78 Å². The minimum Gasteiger partial charge on any atom is -0.481 e. The summed E-state index contributed by atoms with van der Waals surface area (Å²) in [4.78, 5) is 18.9. The number of allylic oxidation sites excluding steroid dienone is 1. The minimum absolute atomic E-state index is 0.0501. The molecule has 2 heterocycles. The van der Waals surface area contributed by atoms with Gasteiger partial charge in [-0.1, -0.05) is 29.9 Å². The summed E-state index contributed by atoms with van der Waals surface area (Å²) in [5, 5.41) is 9.77. The van der Waals surface area contributed by atoms with Gasteiger partial charge in [0.15, 0.2) is 5.16 Å². The number of aliphatic carboxylic acids is 1. The Kier molecular flexibility index (Phi) is 3.88. The van der Waals surface area contributed by atoms with Crippen LogP contribution in [0.25, 0.3) is 11.0 Å². The van der Waals surface area contributed by atoms with E-state index in [0.717, 1.165) is 17.3 Å². The second-order valence-electron chi connectivity index (χ2n) is 3.54. The highest BCUT2D eigenvalue weighted by molar-refractivity contribution is 7.99. The molecule has 0 radical (unpaired) electrons. The molecule has 0 unspecified atom stereocenters. The molecular weight excluding hydrogens is 274 g/mol. The number of carboxylic acids is 1. The van der Waals surface area contributed by atoms with Crippen LogP contribution in [0.4, 0.5) is 0 Å². The van der Waals surface area contributed by atoms with Crippen molar-refractivity contribution in [3.63, 3.8) is 0 Å². The van der Waals surface area contributed by atoms with Crippen molar-refractivity contribution in [2.45, 2.75) is 11.7 Å². The number of carbonyl (C=O) groups is 1. The number of halogens is 1. The summed E-state index contributed by atoms with van der Waals surface area (Å²) in [6.07, 6.45) is 3.29. The van der Waals surface area contributed by atoms with Crippen molar-refractivity contribution >= 4 is 40.4 Å². The highest BCUT2D eigenvalue weighted by Gasteiger charge is 2.12. The molecule has 0 bridgehead atoms. The first-order chi connectivity index (χ1) is 8.58. The van der Waals surface area contributed by atoms with Gasteiger partial charge in [-0.2, -0.15) is 0 Å². The van der Waals surface area contributed by atoms with Crippen LogP contribution in [0.5, 0.6) is 0 Å². The van der Waals surface area contributed by atoms with E-state index in [4.69, 9.17) is 16.7 Å². The first kappa shape index (κ1) is 12.9. The van der Waals surface area contributed by atoms with E-state index >= 15 is 0 Å². The van der Waals surface area contributed by atoms with Gasteiger partial charge in [0.25, 0.3) is 0 Å². The highest BCUT2D eigenvalue weighted by Crippen LogP contribution is 2.24. The second-order valence-corrected chi connectivity index (χ2v) is 5.02. The largest absolute Gasteiger partial charge is 0.481 e. The normalized spacial score (nSPS) is 10.7. The van der Waals surface area contributed by atoms with Gasteiger partial charge < -0.3 is 9.67 Å². The molecule has 2 rings (SSSR count). The number of carboxylic acid groups (broad SMARTS) is 1. The van der Waals surface area contributed by atoms with Crippen molar-refractivity contribution in [2.75, 3.05) is 5.75 Å². The molecule has 0 atom stereocenters. The van der Waals surface area contributed by atoms with Crippen molar-refractivity contribution in [1.82, 2.24) is 14.5 Å². The lowest BCUT2D eigenvalue weighted by molar-refractivity contribution is -0.133. The molecule has 2 aromatic rings. The summed E-state index contributed by atoms with van der Waals surface area (Å²) < 4.78 is 1.83. The standard InChI is InChI=1S/C11H10ClN3O2S/c1-7(12)5-15-9-2-3-13-4-8(9)14-11(15)18-6-10(16)17/h2-4H,1,5-6H2,(H,16,17). The van der Waals surface area contributed by atoms with Gasteiger partial charge in [0.05, 0.1) is 24.0 Å². The smallest absolute Gasteiger partial charge is 0.313 e. The average Bonchev–Trinajstić information content (AvgIpc) is 2.64. The zero-order valence-electron chi connectivity index (χ0n) is 9.34.